The maximum Gasteiger partial charge on any atom is 0.269 e. The molecule has 0 aliphatic rings. The van der Waals surface area contributed by atoms with E-state index in [0.717, 1.165) is 6.07 Å². The molecule has 1 aromatic rings. The molecule has 10 heteroatoms. The molecule has 1 heterocycles. The fourth-order valence-electron chi connectivity index (χ4n) is 1.31. The topological polar surface area (TPSA) is 110 Å². The van der Waals surface area contributed by atoms with Crippen LogP contribution in [0.4, 0.5) is 0 Å². The van der Waals surface area contributed by atoms with Crippen LogP contribution in [0.5, 0.6) is 0 Å². The molecule has 0 saturated carbocycles. The van der Waals surface area contributed by atoms with E-state index >= 15 is 0 Å². The summed E-state index contributed by atoms with van der Waals surface area (Å²) in [6.07, 6.45) is 1.17. The number of hydrogen-bond donors (Lipinski definition) is 1. The van der Waals surface area contributed by atoms with Gasteiger partial charge in [0.2, 0.25) is 9.05 Å². The van der Waals surface area contributed by atoms with E-state index in [0.29, 0.717) is 6.54 Å². The summed E-state index contributed by atoms with van der Waals surface area (Å²) in [4.78, 5) is 15.1. The second-order valence-electron chi connectivity index (χ2n) is 3.80. The Balaban J connectivity index is 3.02. The molecular formula is C10H13ClN2O5S2. The molecule has 0 aliphatic carbocycles. The van der Waals surface area contributed by atoms with Gasteiger partial charge in [0.15, 0.2) is 9.84 Å². The summed E-state index contributed by atoms with van der Waals surface area (Å²) >= 11 is 0. The number of aromatic nitrogens is 1. The Labute approximate surface area is 121 Å². The van der Waals surface area contributed by atoms with Crippen LogP contribution in [0.25, 0.3) is 0 Å². The Kier molecular flexibility index (Phi) is 5.49. The van der Waals surface area contributed by atoms with Crippen LogP contribution < -0.4 is 5.32 Å². The minimum atomic E-state index is -3.90. The highest BCUT2D eigenvalue weighted by molar-refractivity contribution is 8.14. The highest BCUT2D eigenvalue weighted by atomic mass is 35.7. The summed E-state index contributed by atoms with van der Waals surface area (Å²) in [6, 6.07) is 2.29. The third-order valence-electron chi connectivity index (χ3n) is 2.26. The predicted octanol–water partition coefficient (Wildman–Crippen LogP) is 0.174. The number of carbonyl (C=O) groups is 1. The van der Waals surface area contributed by atoms with Crippen LogP contribution >= 0.6 is 10.7 Å². The Bertz CT molecular complexity index is 700. The number of halogens is 1. The monoisotopic (exact) mass is 340 g/mol. The Morgan fingerprint density at radius 2 is 1.95 bits per heavy atom. The van der Waals surface area contributed by atoms with Crippen molar-refractivity contribution in [2.24, 2.45) is 0 Å². The molecule has 0 bridgehead atoms. The van der Waals surface area contributed by atoms with Crippen molar-refractivity contribution in [3.8, 4) is 0 Å². The first-order valence-corrected chi connectivity index (χ1v) is 9.68. The quantitative estimate of drug-likeness (QED) is 0.739. The normalized spacial score (nSPS) is 12.1. The first-order chi connectivity index (χ1) is 9.15. The number of nitrogens with one attached hydrogen (secondary N) is 1. The van der Waals surface area contributed by atoms with E-state index in [1.165, 1.54) is 12.3 Å². The van der Waals surface area contributed by atoms with Crippen molar-refractivity contribution in [1.29, 1.82) is 0 Å². The van der Waals surface area contributed by atoms with Crippen molar-refractivity contribution in [3.63, 3.8) is 0 Å². The fraction of sp³-hybridized carbons (Fsp3) is 0.400. The lowest BCUT2D eigenvalue weighted by atomic mass is 10.3. The van der Waals surface area contributed by atoms with Gasteiger partial charge < -0.3 is 5.32 Å². The van der Waals surface area contributed by atoms with Gasteiger partial charge in [0.05, 0.1) is 16.4 Å². The Hall–Kier alpha value is -1.19. The summed E-state index contributed by atoms with van der Waals surface area (Å²) in [5.74, 6) is -1.86. The Morgan fingerprint density at radius 3 is 2.50 bits per heavy atom. The molecule has 0 unspecified atom stereocenters. The van der Waals surface area contributed by atoms with Gasteiger partial charge in [-0.1, -0.05) is 0 Å². The molecule has 1 rings (SSSR count). The van der Waals surface area contributed by atoms with Crippen molar-refractivity contribution in [2.45, 2.75) is 11.8 Å². The number of hydrogen-bond acceptors (Lipinski definition) is 6. The van der Waals surface area contributed by atoms with Gasteiger partial charge in [0, 0.05) is 23.4 Å². The largest absolute Gasteiger partial charge is 0.351 e. The lowest BCUT2D eigenvalue weighted by Gasteiger charge is -2.05. The number of nitrogens with zero attached hydrogens (tertiary/aromatic N) is 1. The number of sulfone groups is 1. The molecule has 1 amide bonds. The van der Waals surface area contributed by atoms with Crippen LogP contribution in [0.2, 0.25) is 0 Å². The smallest absolute Gasteiger partial charge is 0.269 e. The molecule has 0 spiro atoms. The minimum Gasteiger partial charge on any atom is -0.351 e. The van der Waals surface area contributed by atoms with Crippen LogP contribution in [0.1, 0.15) is 17.4 Å². The average molecular weight is 341 g/mol. The molecule has 112 valence electrons. The molecular weight excluding hydrogens is 328 g/mol. The Morgan fingerprint density at radius 1 is 1.30 bits per heavy atom. The van der Waals surface area contributed by atoms with E-state index in [9.17, 15) is 21.6 Å². The van der Waals surface area contributed by atoms with Crippen LogP contribution in [0.15, 0.2) is 23.2 Å². The maximum atomic E-state index is 11.9. The zero-order chi connectivity index (χ0) is 15.4. The summed E-state index contributed by atoms with van der Waals surface area (Å²) in [7, 11) is -2.77. The van der Waals surface area contributed by atoms with Gasteiger partial charge in [-0.2, -0.15) is 0 Å². The highest BCUT2D eigenvalue weighted by Crippen LogP contribution is 2.13. The molecule has 0 saturated heterocycles. The van der Waals surface area contributed by atoms with E-state index in [2.05, 4.69) is 10.3 Å². The SMILES string of the molecule is CCNC(=O)c1cc(S(=O)(=O)CCS(=O)(=O)Cl)ccn1. The van der Waals surface area contributed by atoms with Crippen molar-refractivity contribution in [3.05, 3.63) is 24.0 Å². The summed E-state index contributed by atoms with van der Waals surface area (Å²) in [5.41, 5.74) is -0.0540. The van der Waals surface area contributed by atoms with Crippen molar-refractivity contribution >= 4 is 35.5 Å². The predicted molar refractivity (Wildman–Crippen MR) is 73.9 cm³/mol. The molecule has 1 aromatic heterocycles. The fourth-order valence-corrected chi connectivity index (χ4v) is 4.34. The van der Waals surface area contributed by atoms with E-state index in [1.54, 1.807) is 6.92 Å². The summed E-state index contributed by atoms with van der Waals surface area (Å²) in [5, 5.41) is 2.48. The standard InChI is InChI=1S/C10H13ClN2O5S2/c1-2-12-10(14)9-7-8(3-4-13-9)19(15,16)5-6-20(11,17)18/h3-4,7H,2,5-6H2,1H3,(H,12,14). The van der Waals surface area contributed by atoms with Gasteiger partial charge in [0.1, 0.15) is 5.69 Å². The van der Waals surface area contributed by atoms with Crippen molar-refractivity contribution in [1.82, 2.24) is 10.3 Å². The zero-order valence-corrected chi connectivity index (χ0v) is 12.9. The molecule has 0 fully saturated rings. The lowest BCUT2D eigenvalue weighted by Crippen LogP contribution is -2.24. The number of rotatable bonds is 6. The zero-order valence-electron chi connectivity index (χ0n) is 10.5. The van der Waals surface area contributed by atoms with Crippen LogP contribution in [0, 0.1) is 0 Å². The molecule has 0 aliphatic heterocycles. The van der Waals surface area contributed by atoms with E-state index in [1.807, 2.05) is 0 Å². The number of pyridine rings is 1. The number of amides is 1. The van der Waals surface area contributed by atoms with E-state index in [4.69, 9.17) is 10.7 Å². The van der Waals surface area contributed by atoms with Crippen LogP contribution in [0.3, 0.4) is 0 Å². The molecule has 7 nitrogen and oxygen atoms in total. The molecule has 1 N–H and O–H groups in total. The summed E-state index contributed by atoms with van der Waals surface area (Å²) < 4.78 is 45.4. The molecule has 0 atom stereocenters. The maximum absolute atomic E-state index is 11.9. The van der Waals surface area contributed by atoms with Crippen LogP contribution in [-0.4, -0.2) is 45.8 Å². The van der Waals surface area contributed by atoms with Gasteiger partial charge in [-0.15, -0.1) is 0 Å². The second kappa shape index (κ2) is 6.51. The van der Waals surface area contributed by atoms with Gasteiger partial charge in [-0.05, 0) is 19.1 Å². The third-order valence-corrected chi connectivity index (χ3v) is 5.38. The van der Waals surface area contributed by atoms with Gasteiger partial charge in [-0.25, -0.2) is 16.8 Å². The first-order valence-electron chi connectivity index (χ1n) is 5.55. The third kappa shape index (κ3) is 5.06. The minimum absolute atomic E-state index is 0.0540. The van der Waals surface area contributed by atoms with Gasteiger partial charge in [0.25, 0.3) is 5.91 Å². The molecule has 20 heavy (non-hydrogen) atoms. The summed E-state index contributed by atoms with van der Waals surface area (Å²) in [6.45, 7) is 2.09. The number of carbonyl (C=O) groups excluding carboxylic acids is 1. The van der Waals surface area contributed by atoms with Gasteiger partial charge in [-0.3, -0.25) is 9.78 Å². The molecule has 0 radical (unpaired) electrons. The lowest BCUT2D eigenvalue weighted by molar-refractivity contribution is 0.0950. The van der Waals surface area contributed by atoms with Crippen molar-refractivity contribution < 1.29 is 21.6 Å². The average Bonchev–Trinajstić information content (AvgIpc) is 2.36. The highest BCUT2D eigenvalue weighted by Gasteiger charge is 2.20. The second-order valence-corrected chi connectivity index (χ2v) is 8.80. The van der Waals surface area contributed by atoms with Gasteiger partial charge >= 0.3 is 0 Å². The van der Waals surface area contributed by atoms with E-state index < -0.39 is 36.3 Å². The van der Waals surface area contributed by atoms with E-state index in [-0.39, 0.29) is 10.6 Å². The van der Waals surface area contributed by atoms with Crippen molar-refractivity contribution in [2.75, 3.05) is 18.1 Å². The first kappa shape index (κ1) is 16.9. The molecule has 0 aromatic carbocycles. The van der Waals surface area contributed by atoms with Crippen LogP contribution in [-0.2, 0) is 18.9 Å².